The molecule has 4 rings (SSSR count). The number of phenols is 1. The number of ether oxygens (including phenoxy) is 1. The molecule has 0 saturated carbocycles. The number of esters is 1. The molecule has 1 aliphatic rings. The average Bonchev–Trinajstić information content (AvgIpc) is 2.97. The molecule has 246 valence electrons. The number of phenolic OH excluding ortho intramolecular Hbond substituents is 1. The Morgan fingerprint density at radius 3 is 2.11 bits per heavy atom. The van der Waals surface area contributed by atoms with Gasteiger partial charge in [0.1, 0.15) is 18.2 Å². The highest BCUT2D eigenvalue weighted by atomic mass is 35.5. The van der Waals surface area contributed by atoms with E-state index in [4.69, 9.17) is 27.9 Å². The van der Waals surface area contributed by atoms with Crippen LogP contribution in [0.2, 0.25) is 10.0 Å². The van der Waals surface area contributed by atoms with Crippen molar-refractivity contribution in [2.45, 2.75) is 38.4 Å². The number of hydrogen-bond donors (Lipinski definition) is 3. The highest BCUT2D eigenvalue weighted by Crippen LogP contribution is 2.37. The summed E-state index contributed by atoms with van der Waals surface area (Å²) in [6, 6.07) is 19.3. The number of sulfonamides is 1. The summed E-state index contributed by atoms with van der Waals surface area (Å²) in [5.41, 5.74) is 2.23. The first-order valence-corrected chi connectivity index (χ1v) is 17.0. The van der Waals surface area contributed by atoms with Crippen LogP contribution in [0, 0.1) is 0 Å². The maximum Gasteiger partial charge on any atom is 0.328 e. The lowest BCUT2D eigenvalue weighted by Gasteiger charge is -2.49. The topological polar surface area (TPSA) is 145 Å². The fourth-order valence-corrected chi connectivity index (χ4v) is 7.06. The number of rotatable bonds is 14. The third-order valence-corrected chi connectivity index (χ3v) is 9.70. The predicted octanol–water partition coefficient (Wildman–Crippen LogP) is 3.88. The van der Waals surface area contributed by atoms with E-state index in [9.17, 15) is 27.9 Å². The van der Waals surface area contributed by atoms with Gasteiger partial charge in [0.05, 0.1) is 30.1 Å². The minimum atomic E-state index is -4.02. The zero-order valence-corrected chi connectivity index (χ0v) is 27.7. The van der Waals surface area contributed by atoms with Gasteiger partial charge in [-0.2, -0.15) is 0 Å². The SMILES string of the molecule is CCOC(=O)C(C)NC(=O)CC(=O)NCCS(=O)(=O)N(c1cccc(O)c1)C1CN(C(c2ccc(Cl)cc2)c2ccc(Cl)cc2)C1. The second kappa shape index (κ2) is 15.6. The molecule has 14 heteroatoms. The van der Waals surface area contributed by atoms with E-state index in [0.717, 1.165) is 11.1 Å². The molecular formula is C32H36Cl2N4O7S. The number of benzene rings is 3. The van der Waals surface area contributed by atoms with Crippen molar-refractivity contribution in [3.63, 3.8) is 0 Å². The first-order valence-electron chi connectivity index (χ1n) is 14.7. The van der Waals surface area contributed by atoms with Crippen LogP contribution in [0.4, 0.5) is 5.69 Å². The Labute approximate surface area is 278 Å². The number of nitrogens with zero attached hydrogens (tertiary/aromatic N) is 2. The van der Waals surface area contributed by atoms with Crippen LogP contribution in [0.3, 0.4) is 0 Å². The molecule has 1 saturated heterocycles. The monoisotopic (exact) mass is 690 g/mol. The van der Waals surface area contributed by atoms with Gasteiger partial charge in [0.25, 0.3) is 0 Å². The Bertz CT molecular complexity index is 1590. The summed E-state index contributed by atoms with van der Waals surface area (Å²) in [4.78, 5) is 38.4. The first kappa shape index (κ1) is 35.0. The van der Waals surface area contributed by atoms with Crippen LogP contribution in [0.15, 0.2) is 72.8 Å². The molecule has 0 spiro atoms. The summed E-state index contributed by atoms with van der Waals surface area (Å²) in [5, 5.41) is 16.2. The van der Waals surface area contributed by atoms with Crippen molar-refractivity contribution in [2.75, 3.05) is 36.3 Å². The van der Waals surface area contributed by atoms with Crippen molar-refractivity contribution in [1.82, 2.24) is 15.5 Å². The van der Waals surface area contributed by atoms with Crippen LogP contribution < -0.4 is 14.9 Å². The van der Waals surface area contributed by atoms with Gasteiger partial charge in [0, 0.05) is 35.7 Å². The van der Waals surface area contributed by atoms with Gasteiger partial charge in [-0.05, 0) is 61.4 Å². The first-order chi connectivity index (χ1) is 21.9. The molecule has 3 aromatic carbocycles. The molecule has 1 unspecified atom stereocenters. The van der Waals surface area contributed by atoms with Gasteiger partial charge >= 0.3 is 5.97 Å². The van der Waals surface area contributed by atoms with Crippen LogP contribution in [0.5, 0.6) is 5.75 Å². The van der Waals surface area contributed by atoms with Crippen molar-refractivity contribution in [3.05, 3.63) is 94.0 Å². The lowest BCUT2D eigenvalue weighted by Crippen LogP contribution is -2.62. The Morgan fingerprint density at radius 2 is 1.57 bits per heavy atom. The second-order valence-electron chi connectivity index (χ2n) is 10.8. The van der Waals surface area contributed by atoms with E-state index in [2.05, 4.69) is 15.5 Å². The smallest absolute Gasteiger partial charge is 0.328 e. The summed E-state index contributed by atoms with van der Waals surface area (Å²) >= 11 is 12.3. The molecule has 1 aliphatic heterocycles. The van der Waals surface area contributed by atoms with Gasteiger partial charge in [0.15, 0.2) is 0 Å². The Morgan fingerprint density at radius 1 is 0.978 bits per heavy atom. The Hall–Kier alpha value is -3.84. The maximum atomic E-state index is 13.8. The van der Waals surface area contributed by atoms with Crippen molar-refractivity contribution in [2.24, 2.45) is 0 Å². The van der Waals surface area contributed by atoms with Gasteiger partial charge in [0.2, 0.25) is 21.8 Å². The number of likely N-dealkylation sites (tertiary alicyclic amines) is 1. The highest BCUT2D eigenvalue weighted by molar-refractivity contribution is 7.92. The number of halogens is 2. The second-order valence-corrected chi connectivity index (χ2v) is 13.7. The quantitative estimate of drug-likeness (QED) is 0.171. The van der Waals surface area contributed by atoms with E-state index in [1.165, 1.54) is 23.4 Å². The number of aromatic hydroxyl groups is 1. The van der Waals surface area contributed by atoms with Crippen LogP contribution in [-0.4, -0.2) is 80.3 Å². The summed E-state index contributed by atoms with van der Waals surface area (Å²) in [7, 11) is -4.02. The van der Waals surface area contributed by atoms with Gasteiger partial charge in [-0.3, -0.25) is 18.8 Å². The van der Waals surface area contributed by atoms with E-state index in [-0.39, 0.29) is 30.6 Å². The normalized spacial score (nSPS) is 14.3. The number of amides is 2. The van der Waals surface area contributed by atoms with E-state index in [0.29, 0.717) is 23.1 Å². The minimum absolute atomic E-state index is 0.0922. The van der Waals surface area contributed by atoms with Crippen molar-refractivity contribution < 1.29 is 32.6 Å². The summed E-state index contributed by atoms with van der Waals surface area (Å²) < 4.78 is 33.6. The zero-order valence-electron chi connectivity index (χ0n) is 25.4. The van der Waals surface area contributed by atoms with Crippen LogP contribution >= 0.6 is 23.2 Å². The molecular weight excluding hydrogens is 655 g/mol. The van der Waals surface area contributed by atoms with Crippen LogP contribution in [-0.2, 0) is 29.1 Å². The fourth-order valence-electron chi connectivity index (χ4n) is 5.22. The highest BCUT2D eigenvalue weighted by Gasteiger charge is 2.42. The third kappa shape index (κ3) is 9.12. The van der Waals surface area contributed by atoms with Crippen LogP contribution in [0.25, 0.3) is 0 Å². The average molecular weight is 692 g/mol. The number of carbonyl (C=O) groups is 3. The van der Waals surface area contributed by atoms with E-state index in [1.807, 2.05) is 24.3 Å². The molecule has 11 nitrogen and oxygen atoms in total. The van der Waals surface area contributed by atoms with Crippen molar-refractivity contribution >= 4 is 56.7 Å². The van der Waals surface area contributed by atoms with Crippen LogP contribution in [0.1, 0.15) is 37.4 Å². The van der Waals surface area contributed by atoms with Gasteiger partial charge in [-0.1, -0.05) is 53.5 Å². The molecule has 3 aromatic rings. The van der Waals surface area contributed by atoms with E-state index >= 15 is 0 Å². The minimum Gasteiger partial charge on any atom is -0.508 e. The van der Waals surface area contributed by atoms with Gasteiger partial charge < -0.3 is 20.5 Å². The van der Waals surface area contributed by atoms with Gasteiger partial charge in [-0.15, -0.1) is 0 Å². The summed E-state index contributed by atoms with van der Waals surface area (Å²) in [6.45, 7) is 3.71. The predicted molar refractivity (Wildman–Crippen MR) is 176 cm³/mol. The molecule has 0 bridgehead atoms. The van der Waals surface area contributed by atoms with Gasteiger partial charge in [-0.25, -0.2) is 13.2 Å². The number of hydrogen-bond acceptors (Lipinski definition) is 8. The molecule has 1 fully saturated rings. The Balaban J connectivity index is 1.45. The number of carbonyl (C=O) groups excluding carboxylic acids is 3. The fraction of sp³-hybridized carbons (Fsp3) is 0.344. The summed E-state index contributed by atoms with van der Waals surface area (Å²) in [6.07, 6.45) is -0.589. The standard InChI is InChI=1S/C32H36Cl2N4O7S/c1-3-45-32(42)21(2)36-30(41)18-29(40)35-15-16-46(43,44)38(26-5-4-6-28(39)17-26)27-19-37(20-27)31(22-7-11-24(33)12-8-22)23-9-13-25(34)14-10-23/h4-14,17,21,27,31,39H,3,15-16,18-20H2,1-2H3,(H,35,40)(H,36,41). The molecule has 0 aromatic heterocycles. The summed E-state index contributed by atoms with van der Waals surface area (Å²) in [5.74, 6) is -2.57. The largest absolute Gasteiger partial charge is 0.508 e. The van der Waals surface area contributed by atoms with E-state index in [1.54, 1.807) is 43.3 Å². The molecule has 2 amide bonds. The van der Waals surface area contributed by atoms with E-state index < -0.39 is 52.1 Å². The molecule has 3 N–H and O–H groups in total. The number of nitrogens with one attached hydrogen (secondary N) is 2. The molecule has 46 heavy (non-hydrogen) atoms. The maximum absolute atomic E-state index is 13.8. The lowest BCUT2D eigenvalue weighted by molar-refractivity contribution is -0.147. The molecule has 1 heterocycles. The van der Waals surface area contributed by atoms with Crippen molar-refractivity contribution in [3.8, 4) is 5.75 Å². The number of anilines is 1. The Kier molecular flexibility index (Phi) is 11.9. The molecule has 0 radical (unpaired) electrons. The zero-order chi connectivity index (χ0) is 33.4. The molecule has 0 aliphatic carbocycles. The molecule has 1 atom stereocenters. The third-order valence-electron chi connectivity index (χ3n) is 7.36. The van der Waals surface area contributed by atoms with Crippen molar-refractivity contribution in [1.29, 1.82) is 0 Å². The lowest BCUT2D eigenvalue weighted by atomic mass is 9.93.